The molecule has 3 rings (SSSR count). The van der Waals surface area contributed by atoms with Crippen LogP contribution in [0.5, 0.6) is 11.5 Å². The van der Waals surface area contributed by atoms with Crippen LogP contribution in [0.15, 0.2) is 60.7 Å². The van der Waals surface area contributed by atoms with Crippen molar-refractivity contribution < 1.29 is 57.2 Å². The third-order valence-corrected chi connectivity index (χ3v) is 5.27. The van der Waals surface area contributed by atoms with Gasteiger partial charge in [0.15, 0.2) is 0 Å². The van der Waals surface area contributed by atoms with E-state index in [1.54, 1.807) is 0 Å². The highest BCUT2D eigenvalue weighted by atomic mass is 16.5. The average molecular weight is 550 g/mol. The first kappa shape index (κ1) is 29.0. The number of hydrogen-bond acceptors (Lipinski definition) is 12. The van der Waals surface area contributed by atoms with E-state index in [9.17, 15) is 28.8 Å². The standard InChI is InChI=1S/C28H22O12/c1-35-23(29)17-9-18(24(30)36-2)12-21(11-17)39-27(33)15-5-7-16(8-6-15)28(34)40-22-13-19(25(31)37-3)10-20(14-22)26(32)38-4/h5-14H,1-4H3. The number of benzene rings is 3. The van der Waals surface area contributed by atoms with Gasteiger partial charge in [0.25, 0.3) is 0 Å². The van der Waals surface area contributed by atoms with Gasteiger partial charge in [-0.25, -0.2) is 28.8 Å². The molecule has 0 amide bonds. The Morgan fingerprint density at radius 3 is 0.850 bits per heavy atom. The topological polar surface area (TPSA) is 158 Å². The number of carbonyl (C=O) groups is 6. The molecule has 12 heteroatoms. The van der Waals surface area contributed by atoms with Gasteiger partial charge in [-0.15, -0.1) is 0 Å². The van der Waals surface area contributed by atoms with Crippen LogP contribution >= 0.6 is 0 Å². The van der Waals surface area contributed by atoms with E-state index in [4.69, 9.17) is 9.47 Å². The number of rotatable bonds is 8. The molecule has 40 heavy (non-hydrogen) atoms. The smallest absolute Gasteiger partial charge is 0.343 e. The van der Waals surface area contributed by atoms with Gasteiger partial charge < -0.3 is 28.4 Å². The van der Waals surface area contributed by atoms with Crippen LogP contribution in [0.25, 0.3) is 0 Å². The quantitative estimate of drug-likeness (QED) is 0.229. The minimum absolute atomic E-state index is 0.0281. The highest BCUT2D eigenvalue weighted by Crippen LogP contribution is 2.22. The molecule has 3 aromatic rings. The number of hydrogen-bond donors (Lipinski definition) is 0. The molecule has 0 bridgehead atoms. The van der Waals surface area contributed by atoms with Crippen molar-refractivity contribution in [2.45, 2.75) is 0 Å². The zero-order chi connectivity index (χ0) is 29.4. The van der Waals surface area contributed by atoms with Crippen LogP contribution in [0.2, 0.25) is 0 Å². The van der Waals surface area contributed by atoms with E-state index in [1.165, 1.54) is 60.7 Å². The Labute approximate surface area is 227 Å². The maximum atomic E-state index is 12.7. The third kappa shape index (κ3) is 6.86. The molecule has 0 radical (unpaired) electrons. The van der Waals surface area contributed by atoms with Gasteiger partial charge in [0.2, 0.25) is 0 Å². The molecule has 0 saturated heterocycles. The van der Waals surface area contributed by atoms with Crippen LogP contribution in [0.1, 0.15) is 62.1 Å². The normalized spacial score (nSPS) is 10.1. The Bertz CT molecular complexity index is 1310. The molecule has 0 aromatic heterocycles. The van der Waals surface area contributed by atoms with E-state index < -0.39 is 35.8 Å². The molecule has 0 atom stereocenters. The number of methoxy groups -OCH3 is 4. The van der Waals surface area contributed by atoms with Gasteiger partial charge in [-0.05, 0) is 60.7 Å². The van der Waals surface area contributed by atoms with Gasteiger partial charge >= 0.3 is 35.8 Å². The molecule has 0 aliphatic rings. The maximum Gasteiger partial charge on any atom is 0.343 e. The highest BCUT2D eigenvalue weighted by Gasteiger charge is 2.19. The van der Waals surface area contributed by atoms with Gasteiger partial charge in [-0.3, -0.25) is 0 Å². The van der Waals surface area contributed by atoms with Gasteiger partial charge in [0.1, 0.15) is 11.5 Å². The van der Waals surface area contributed by atoms with Crippen LogP contribution in [-0.2, 0) is 18.9 Å². The van der Waals surface area contributed by atoms with E-state index >= 15 is 0 Å². The van der Waals surface area contributed by atoms with E-state index in [0.717, 1.165) is 28.4 Å². The lowest BCUT2D eigenvalue weighted by molar-refractivity contribution is 0.0579. The lowest BCUT2D eigenvalue weighted by atomic mass is 10.1. The van der Waals surface area contributed by atoms with Crippen molar-refractivity contribution >= 4 is 35.8 Å². The van der Waals surface area contributed by atoms with Crippen LogP contribution in [0.4, 0.5) is 0 Å². The van der Waals surface area contributed by atoms with Crippen molar-refractivity contribution in [2.75, 3.05) is 28.4 Å². The monoisotopic (exact) mass is 550 g/mol. The van der Waals surface area contributed by atoms with Crippen molar-refractivity contribution in [1.82, 2.24) is 0 Å². The molecule has 0 saturated carbocycles. The SMILES string of the molecule is COC(=O)c1cc(OC(=O)c2ccc(C(=O)Oc3cc(C(=O)OC)cc(C(=O)OC)c3)cc2)cc(C(=O)OC)c1. The second-order valence-electron chi connectivity index (χ2n) is 7.81. The molecular formula is C28H22O12. The second kappa shape index (κ2) is 12.8. The van der Waals surface area contributed by atoms with Crippen LogP contribution < -0.4 is 9.47 Å². The first-order valence-corrected chi connectivity index (χ1v) is 11.3. The predicted octanol–water partition coefficient (Wildman–Crippen LogP) is 3.27. The molecule has 0 unspecified atom stereocenters. The van der Waals surface area contributed by atoms with Crippen molar-refractivity contribution in [3.63, 3.8) is 0 Å². The Balaban J connectivity index is 1.79. The summed E-state index contributed by atoms with van der Waals surface area (Å²) >= 11 is 0. The Morgan fingerprint density at radius 2 is 0.625 bits per heavy atom. The lowest BCUT2D eigenvalue weighted by Gasteiger charge is -2.10. The van der Waals surface area contributed by atoms with Crippen molar-refractivity contribution in [3.05, 3.63) is 94.0 Å². The molecule has 0 heterocycles. The Kier molecular flexibility index (Phi) is 9.31. The van der Waals surface area contributed by atoms with E-state index in [-0.39, 0.29) is 44.9 Å². The summed E-state index contributed by atoms with van der Waals surface area (Å²) < 4.78 is 29.2. The van der Waals surface area contributed by atoms with Gasteiger partial charge in [0, 0.05) is 0 Å². The van der Waals surface area contributed by atoms with Crippen molar-refractivity contribution in [1.29, 1.82) is 0 Å². The molecule has 0 N–H and O–H groups in total. The maximum absolute atomic E-state index is 12.7. The number of carbonyl (C=O) groups excluding carboxylic acids is 6. The molecule has 0 aliphatic carbocycles. The number of ether oxygens (including phenoxy) is 6. The van der Waals surface area contributed by atoms with Gasteiger partial charge in [-0.2, -0.15) is 0 Å². The summed E-state index contributed by atoms with van der Waals surface area (Å²) in [7, 11) is 4.61. The second-order valence-corrected chi connectivity index (χ2v) is 7.81. The molecule has 0 aliphatic heterocycles. The third-order valence-electron chi connectivity index (χ3n) is 5.27. The summed E-state index contributed by atoms with van der Waals surface area (Å²) in [6.07, 6.45) is 0. The first-order chi connectivity index (χ1) is 19.1. The molecule has 0 spiro atoms. The first-order valence-electron chi connectivity index (χ1n) is 11.3. The Hall–Kier alpha value is -5.52. The summed E-state index contributed by atoms with van der Waals surface area (Å²) in [5, 5.41) is 0. The van der Waals surface area contributed by atoms with Gasteiger partial charge in [-0.1, -0.05) is 0 Å². The van der Waals surface area contributed by atoms with Crippen molar-refractivity contribution in [2.24, 2.45) is 0 Å². The van der Waals surface area contributed by atoms with Gasteiger partial charge in [0.05, 0.1) is 61.8 Å². The van der Waals surface area contributed by atoms with E-state index in [2.05, 4.69) is 18.9 Å². The predicted molar refractivity (Wildman–Crippen MR) is 135 cm³/mol. The fourth-order valence-corrected chi connectivity index (χ4v) is 3.33. The van der Waals surface area contributed by atoms with E-state index in [0.29, 0.717) is 0 Å². The fourth-order valence-electron chi connectivity index (χ4n) is 3.33. The van der Waals surface area contributed by atoms with Crippen LogP contribution in [0.3, 0.4) is 0 Å². The van der Waals surface area contributed by atoms with Crippen LogP contribution in [0, 0.1) is 0 Å². The Morgan fingerprint density at radius 1 is 0.375 bits per heavy atom. The highest BCUT2D eigenvalue weighted by molar-refractivity contribution is 5.99. The zero-order valence-corrected chi connectivity index (χ0v) is 21.7. The summed E-state index contributed by atoms with van der Waals surface area (Å²) in [4.78, 5) is 73.2. The molecule has 12 nitrogen and oxygen atoms in total. The fraction of sp³-hybridized carbons (Fsp3) is 0.143. The molecule has 0 fully saturated rings. The largest absolute Gasteiger partial charge is 0.465 e. The summed E-state index contributed by atoms with van der Waals surface area (Å²) in [5.74, 6) is -5.00. The minimum Gasteiger partial charge on any atom is -0.465 e. The summed E-state index contributed by atoms with van der Waals surface area (Å²) in [5.41, 5.74) is -0.118. The van der Waals surface area contributed by atoms with E-state index in [1.807, 2.05) is 0 Å². The summed E-state index contributed by atoms with van der Waals surface area (Å²) in [6, 6.07) is 12.5. The number of esters is 6. The molecular weight excluding hydrogens is 528 g/mol. The minimum atomic E-state index is -0.855. The molecule has 206 valence electrons. The summed E-state index contributed by atoms with van der Waals surface area (Å²) in [6.45, 7) is 0. The van der Waals surface area contributed by atoms with Crippen LogP contribution in [-0.4, -0.2) is 64.3 Å². The lowest BCUT2D eigenvalue weighted by Crippen LogP contribution is -2.13. The zero-order valence-electron chi connectivity index (χ0n) is 21.7. The van der Waals surface area contributed by atoms with Crippen molar-refractivity contribution in [3.8, 4) is 11.5 Å². The molecule has 3 aromatic carbocycles. The average Bonchev–Trinajstić information content (AvgIpc) is 2.98.